The molecule has 5 unspecified atom stereocenters. The summed E-state index contributed by atoms with van der Waals surface area (Å²) >= 11 is 4.23. The van der Waals surface area contributed by atoms with Gasteiger partial charge in [0.15, 0.2) is 0 Å². The lowest BCUT2D eigenvalue weighted by Gasteiger charge is -2.32. The average molecular weight is 496 g/mol. The summed E-state index contributed by atoms with van der Waals surface area (Å²) in [6.45, 7) is -0.286. The van der Waals surface area contributed by atoms with Crippen molar-refractivity contribution in [1.29, 1.82) is 0 Å². The minimum Gasteiger partial charge on any atom is -0.390 e. The third-order valence-corrected chi connectivity index (χ3v) is 8.60. The van der Waals surface area contributed by atoms with Crippen LogP contribution in [0.25, 0.3) is 0 Å². The molecule has 6 N–H and O–H groups in total. The van der Waals surface area contributed by atoms with Gasteiger partial charge in [0.2, 0.25) is 0 Å². The fourth-order valence-electron chi connectivity index (χ4n) is 2.40. The minimum absolute atomic E-state index is 0.0303. The van der Waals surface area contributed by atoms with Gasteiger partial charge >= 0.3 is 22.4 Å². The molecule has 0 spiro atoms. The van der Waals surface area contributed by atoms with E-state index >= 15 is 0 Å². The van der Waals surface area contributed by atoms with Crippen LogP contribution in [0.3, 0.4) is 0 Å². The fraction of sp³-hybridized carbons (Fsp3) is 0.545. The van der Waals surface area contributed by atoms with Crippen LogP contribution in [0, 0.1) is 0 Å². The van der Waals surface area contributed by atoms with Gasteiger partial charge in [-0.2, -0.15) is 0 Å². The molecule has 2 aliphatic rings. The van der Waals surface area contributed by atoms with Crippen molar-refractivity contribution < 1.29 is 56.5 Å². The van der Waals surface area contributed by atoms with Crippen LogP contribution in [0.2, 0.25) is 0 Å². The first-order valence-corrected chi connectivity index (χ1v) is 13.3. The zero-order valence-corrected chi connectivity index (χ0v) is 18.2. The van der Waals surface area contributed by atoms with Crippen molar-refractivity contribution in [1.82, 2.24) is 10.2 Å². The molecule has 2 heterocycles. The zero-order chi connectivity index (χ0) is 22.2. The van der Waals surface area contributed by atoms with Crippen LogP contribution in [0.1, 0.15) is 13.3 Å². The number of ether oxygens (including phenoxy) is 1. The van der Waals surface area contributed by atoms with Gasteiger partial charge in [-0.05, 0) is 18.7 Å². The smallest absolute Gasteiger partial charge is 0.390 e. The molecule has 0 bridgehead atoms. The van der Waals surface area contributed by atoms with Crippen LogP contribution < -0.4 is 5.32 Å². The summed E-state index contributed by atoms with van der Waals surface area (Å²) in [5.41, 5.74) is 0.363. The van der Waals surface area contributed by atoms with Gasteiger partial charge in [0, 0.05) is 18.2 Å². The fourth-order valence-corrected chi connectivity index (χ4v) is 6.97. The highest BCUT2D eigenvalue weighted by Crippen LogP contribution is 2.66. The molecule has 1 fully saturated rings. The summed E-state index contributed by atoms with van der Waals surface area (Å²) in [7, 11) is -10.4. The van der Waals surface area contributed by atoms with Crippen molar-refractivity contribution in [3.8, 4) is 0 Å². The summed E-state index contributed by atoms with van der Waals surface area (Å²) in [4.78, 5) is 49.3. The first-order valence-electron chi connectivity index (χ1n) is 7.67. The number of nitrogens with one attached hydrogen (secondary N) is 1. The molecule has 0 aromatic carbocycles. The quantitative estimate of drug-likeness (QED) is 0.240. The predicted molar refractivity (Wildman–Crippen MR) is 98.7 cm³/mol. The SMILES string of the molecule is C=C1NC(=O)C(C)=CN1C1CC(O)C(COP(=O)(O)OP(O)(=S)OP(=O)(O)O)O1. The highest BCUT2D eigenvalue weighted by atomic mass is 32.5. The number of hydrogen-bond acceptors (Lipinski definition) is 10. The van der Waals surface area contributed by atoms with Gasteiger partial charge in [-0.25, -0.2) is 17.8 Å². The van der Waals surface area contributed by atoms with E-state index in [0.29, 0.717) is 5.57 Å². The third-order valence-electron chi connectivity index (χ3n) is 3.59. The first kappa shape index (κ1) is 24.8. The molecule has 0 aromatic heterocycles. The number of hydrogen-bond donors (Lipinski definition) is 6. The van der Waals surface area contributed by atoms with Crippen LogP contribution in [0.4, 0.5) is 0 Å². The van der Waals surface area contributed by atoms with Crippen LogP contribution in [0.5, 0.6) is 0 Å². The second-order valence-electron chi connectivity index (χ2n) is 5.94. The monoisotopic (exact) mass is 496 g/mol. The maximum Gasteiger partial charge on any atom is 0.479 e. The molecule has 0 saturated carbocycles. The Labute approximate surface area is 169 Å². The van der Waals surface area contributed by atoms with E-state index in [2.05, 4.69) is 36.8 Å². The number of phosphoric ester groups is 1. The summed E-state index contributed by atoms with van der Waals surface area (Å²) in [6, 6.07) is 0. The largest absolute Gasteiger partial charge is 0.479 e. The lowest BCUT2D eigenvalue weighted by molar-refractivity contribution is -0.118. The van der Waals surface area contributed by atoms with Crippen molar-refractivity contribution in [2.24, 2.45) is 0 Å². The Balaban J connectivity index is 1.96. The predicted octanol–water partition coefficient (Wildman–Crippen LogP) is -0.271. The minimum atomic E-state index is -5.29. The molecule has 2 rings (SSSR count). The second-order valence-corrected chi connectivity index (χ2v) is 11.7. The van der Waals surface area contributed by atoms with Crippen molar-refractivity contribution >= 4 is 40.1 Å². The first-order chi connectivity index (χ1) is 13.1. The summed E-state index contributed by atoms with van der Waals surface area (Å²) in [6.07, 6.45) is -1.56. The molecular weight excluding hydrogens is 477 g/mol. The third kappa shape index (κ3) is 7.30. The average Bonchev–Trinajstić information content (AvgIpc) is 2.86. The Morgan fingerprint density at radius 3 is 2.55 bits per heavy atom. The molecule has 1 saturated heterocycles. The molecule has 0 radical (unpaired) electrons. The second kappa shape index (κ2) is 8.93. The number of phosphoric acid groups is 2. The molecule has 2 aliphatic heterocycles. The molecule has 0 aromatic rings. The summed E-state index contributed by atoms with van der Waals surface area (Å²) in [5, 5.41) is 12.6. The van der Waals surface area contributed by atoms with Gasteiger partial charge < -0.3 is 39.6 Å². The van der Waals surface area contributed by atoms with E-state index in [1.54, 1.807) is 6.92 Å². The van der Waals surface area contributed by atoms with Crippen molar-refractivity contribution in [2.45, 2.75) is 31.8 Å². The van der Waals surface area contributed by atoms with Gasteiger partial charge in [0.25, 0.3) is 5.91 Å². The van der Waals surface area contributed by atoms with E-state index in [9.17, 15) is 28.8 Å². The maximum atomic E-state index is 11.9. The molecule has 166 valence electrons. The van der Waals surface area contributed by atoms with E-state index in [-0.39, 0.29) is 18.1 Å². The summed E-state index contributed by atoms with van der Waals surface area (Å²) < 4.78 is 40.5. The maximum absolute atomic E-state index is 11.9. The number of nitrogens with zero attached hydrogens (tertiary/aromatic N) is 1. The Morgan fingerprint density at radius 2 is 1.97 bits per heavy atom. The van der Waals surface area contributed by atoms with Crippen LogP contribution in [0.15, 0.2) is 24.2 Å². The number of carbonyl (C=O) groups excluding carboxylic acids is 1. The van der Waals surface area contributed by atoms with E-state index in [0.717, 1.165) is 0 Å². The number of aliphatic hydroxyl groups is 1. The van der Waals surface area contributed by atoms with E-state index in [1.165, 1.54) is 11.1 Å². The highest BCUT2D eigenvalue weighted by Gasteiger charge is 2.42. The highest BCUT2D eigenvalue weighted by molar-refractivity contribution is 8.09. The molecule has 18 heteroatoms. The van der Waals surface area contributed by atoms with E-state index in [4.69, 9.17) is 14.5 Å². The molecule has 29 heavy (non-hydrogen) atoms. The van der Waals surface area contributed by atoms with Gasteiger partial charge in [0.1, 0.15) is 18.2 Å². The van der Waals surface area contributed by atoms with Gasteiger partial charge in [-0.15, -0.1) is 0 Å². The summed E-state index contributed by atoms with van der Waals surface area (Å²) in [5.74, 6) is -0.147. The Bertz CT molecular complexity index is 858. The standard InChI is InChI=1S/C11H19N2O12P3S/c1-6-4-13(7(2)12-11(6)15)10-3-8(14)9(23-10)5-22-27(19,20)25-28(21,29)24-26(16,17)18/h4,8-10,14H,2-3,5H2,1H3,(H,12,15)(H,19,20)(H,21,29)(H2,16,17,18). The zero-order valence-electron chi connectivity index (χ0n) is 14.7. The van der Waals surface area contributed by atoms with Gasteiger partial charge in [-0.1, -0.05) is 6.58 Å². The van der Waals surface area contributed by atoms with Gasteiger partial charge in [-0.3, -0.25) is 9.32 Å². The van der Waals surface area contributed by atoms with Crippen molar-refractivity contribution in [2.75, 3.05) is 6.61 Å². The lowest BCUT2D eigenvalue weighted by Crippen LogP contribution is -2.42. The lowest BCUT2D eigenvalue weighted by atomic mass is 10.1. The van der Waals surface area contributed by atoms with E-state index < -0.39 is 47.4 Å². The number of aliphatic hydroxyl groups excluding tert-OH is 1. The topological polar surface area (TPSA) is 205 Å². The molecule has 0 aliphatic carbocycles. The van der Waals surface area contributed by atoms with Gasteiger partial charge in [0.05, 0.1) is 12.7 Å². The van der Waals surface area contributed by atoms with E-state index in [1.807, 2.05) is 0 Å². The van der Waals surface area contributed by atoms with Crippen molar-refractivity contribution in [3.05, 3.63) is 24.2 Å². The number of amides is 1. The van der Waals surface area contributed by atoms with Crippen LogP contribution >= 0.6 is 22.4 Å². The number of carbonyl (C=O) groups is 1. The molecule has 1 amide bonds. The Hall–Kier alpha value is -0.500. The van der Waals surface area contributed by atoms with Crippen LogP contribution in [-0.2, 0) is 43.6 Å². The van der Waals surface area contributed by atoms with Crippen molar-refractivity contribution in [3.63, 3.8) is 0 Å². The normalized spacial score (nSPS) is 29.8. The number of rotatable bonds is 8. The molecule has 5 atom stereocenters. The Morgan fingerprint density at radius 1 is 1.34 bits per heavy atom. The van der Waals surface area contributed by atoms with Crippen LogP contribution in [-0.4, -0.2) is 60.5 Å². The molecule has 14 nitrogen and oxygen atoms in total. The Kier molecular flexibility index (Phi) is 7.63. The molecular formula is C11H19N2O12P3S.